The van der Waals surface area contributed by atoms with Crippen molar-refractivity contribution < 1.29 is 9.53 Å². The van der Waals surface area contributed by atoms with Gasteiger partial charge >= 0.3 is 0 Å². The number of H-pyrrole nitrogens is 1. The maximum Gasteiger partial charge on any atom is 0.221 e. The van der Waals surface area contributed by atoms with Crippen molar-refractivity contribution in [3.8, 4) is 5.75 Å². The first-order valence-corrected chi connectivity index (χ1v) is 9.59. The van der Waals surface area contributed by atoms with Crippen LogP contribution >= 0.6 is 12.2 Å². The maximum atomic E-state index is 11.6. The molecule has 0 saturated carbocycles. The van der Waals surface area contributed by atoms with Crippen molar-refractivity contribution in [2.75, 3.05) is 17.3 Å². The molecule has 3 N–H and O–H groups in total. The predicted molar refractivity (Wildman–Crippen MR) is 116 cm³/mol. The molecule has 0 spiro atoms. The largest absolute Gasteiger partial charge is 0.495 e. The predicted octanol–water partition coefficient (Wildman–Crippen LogP) is 3.55. The fourth-order valence-corrected chi connectivity index (χ4v) is 3.96. The molecule has 0 aliphatic carbocycles. The molecule has 8 heteroatoms. The van der Waals surface area contributed by atoms with Gasteiger partial charge in [-0.15, -0.1) is 0 Å². The summed E-state index contributed by atoms with van der Waals surface area (Å²) in [5.74, 6) is 0.412. The van der Waals surface area contributed by atoms with Crippen LogP contribution in [-0.4, -0.2) is 28.1 Å². The van der Waals surface area contributed by atoms with Crippen LogP contribution in [0.2, 0.25) is 0 Å². The van der Waals surface area contributed by atoms with E-state index in [-0.39, 0.29) is 18.0 Å². The molecule has 2 aromatic heterocycles. The average Bonchev–Trinajstić information content (AvgIpc) is 3.35. The lowest BCUT2D eigenvalue weighted by atomic mass is 10.0. The van der Waals surface area contributed by atoms with Crippen molar-refractivity contribution in [1.82, 2.24) is 15.3 Å². The van der Waals surface area contributed by atoms with Gasteiger partial charge in [0.25, 0.3) is 0 Å². The van der Waals surface area contributed by atoms with E-state index in [0.717, 1.165) is 17.1 Å². The van der Waals surface area contributed by atoms with Crippen LogP contribution in [0, 0.1) is 0 Å². The van der Waals surface area contributed by atoms with Gasteiger partial charge in [-0.1, -0.05) is 6.07 Å². The van der Waals surface area contributed by atoms with Gasteiger partial charge in [0.15, 0.2) is 5.11 Å². The third-order valence-corrected chi connectivity index (χ3v) is 5.13. The smallest absolute Gasteiger partial charge is 0.221 e. The minimum absolute atomic E-state index is 0.131. The number of anilines is 2. The van der Waals surface area contributed by atoms with Gasteiger partial charge < -0.3 is 25.3 Å². The number of thiocarbonyl (C=S) groups is 1. The number of methoxy groups -OCH3 is 1. The lowest BCUT2D eigenvalue weighted by Gasteiger charge is -2.27. The molecular weight excluding hydrogens is 386 g/mol. The van der Waals surface area contributed by atoms with E-state index in [1.54, 1.807) is 13.3 Å². The second-order valence-electron chi connectivity index (χ2n) is 6.69. The Morgan fingerprint density at radius 1 is 1.24 bits per heavy atom. The molecule has 0 bridgehead atoms. The van der Waals surface area contributed by atoms with Gasteiger partial charge in [0.1, 0.15) is 11.8 Å². The molecule has 29 heavy (non-hydrogen) atoms. The summed E-state index contributed by atoms with van der Waals surface area (Å²) >= 11 is 5.70. The van der Waals surface area contributed by atoms with Crippen LogP contribution in [-0.2, 0) is 4.79 Å². The van der Waals surface area contributed by atoms with Gasteiger partial charge in [0.2, 0.25) is 5.91 Å². The molecule has 148 valence electrons. The van der Waals surface area contributed by atoms with Crippen LogP contribution < -0.4 is 20.3 Å². The number of nitrogens with one attached hydrogen (secondary N) is 3. The number of carbonyl (C=O) groups is 1. The van der Waals surface area contributed by atoms with E-state index in [1.807, 2.05) is 59.6 Å². The maximum absolute atomic E-state index is 11.6. The number of aromatic amines is 1. The normalized spacial score (nSPS) is 18.4. The summed E-state index contributed by atoms with van der Waals surface area (Å²) in [5.41, 5.74) is 3.33. The zero-order valence-electron chi connectivity index (χ0n) is 16.0. The zero-order chi connectivity index (χ0) is 20.4. The highest BCUT2D eigenvalue weighted by Gasteiger charge is 2.41. The molecule has 3 aromatic rings. The number of hydrogen-bond acceptors (Lipinski definition) is 4. The first-order chi connectivity index (χ1) is 14.1. The standard InChI is InChI=1S/C21H21N5O2S/c1-13(27)24-17-12-14(8-9-18(17)28-2)26-20(16-7-5-11-23-16)19(25-21(26)29)15-6-3-4-10-22-15/h3-12,19-20,23H,1-2H3,(H,24,27)(H,25,29)/t19-,20+/m1/s1. The van der Waals surface area contributed by atoms with E-state index in [9.17, 15) is 4.79 Å². The first-order valence-electron chi connectivity index (χ1n) is 9.18. The van der Waals surface area contributed by atoms with Crippen molar-refractivity contribution in [2.24, 2.45) is 0 Å². The van der Waals surface area contributed by atoms with Crippen molar-refractivity contribution in [3.05, 3.63) is 72.3 Å². The van der Waals surface area contributed by atoms with Gasteiger partial charge in [0, 0.05) is 30.7 Å². The Balaban J connectivity index is 1.79. The second kappa shape index (κ2) is 7.92. The summed E-state index contributed by atoms with van der Waals surface area (Å²) in [5, 5.41) is 6.81. The molecule has 7 nitrogen and oxygen atoms in total. The summed E-state index contributed by atoms with van der Waals surface area (Å²) in [6.45, 7) is 1.47. The molecule has 1 amide bonds. The Bertz CT molecular complexity index is 1020. The lowest BCUT2D eigenvalue weighted by Crippen LogP contribution is -2.29. The van der Waals surface area contributed by atoms with Gasteiger partial charge in [-0.25, -0.2) is 0 Å². The third kappa shape index (κ3) is 3.66. The molecule has 0 radical (unpaired) electrons. The fourth-order valence-electron chi connectivity index (χ4n) is 3.61. The molecular formula is C21H21N5O2S. The van der Waals surface area contributed by atoms with Crippen molar-refractivity contribution in [2.45, 2.75) is 19.0 Å². The molecule has 4 rings (SSSR count). The van der Waals surface area contributed by atoms with Crippen molar-refractivity contribution >= 4 is 34.6 Å². The zero-order valence-corrected chi connectivity index (χ0v) is 16.9. The number of pyridine rings is 1. The topological polar surface area (TPSA) is 82.3 Å². The Morgan fingerprint density at radius 3 is 2.76 bits per heavy atom. The summed E-state index contributed by atoms with van der Waals surface area (Å²) in [7, 11) is 1.57. The Labute approximate surface area is 174 Å². The Kier molecular flexibility index (Phi) is 5.18. The third-order valence-electron chi connectivity index (χ3n) is 4.81. The number of amides is 1. The minimum Gasteiger partial charge on any atom is -0.495 e. The van der Waals surface area contributed by atoms with E-state index in [1.165, 1.54) is 6.92 Å². The number of hydrogen-bond donors (Lipinski definition) is 3. The first kappa shape index (κ1) is 18.9. The number of benzene rings is 1. The van der Waals surface area contributed by atoms with Crippen LogP contribution in [0.25, 0.3) is 0 Å². The Hall–Kier alpha value is -3.39. The average molecular weight is 407 g/mol. The molecule has 1 aliphatic rings. The number of aromatic nitrogens is 2. The molecule has 1 saturated heterocycles. The molecule has 1 aromatic carbocycles. The van der Waals surface area contributed by atoms with Crippen LogP contribution in [0.4, 0.5) is 11.4 Å². The van der Waals surface area contributed by atoms with Gasteiger partial charge in [-0.2, -0.15) is 0 Å². The van der Waals surface area contributed by atoms with E-state index in [0.29, 0.717) is 16.5 Å². The highest BCUT2D eigenvalue weighted by Crippen LogP contribution is 2.42. The lowest BCUT2D eigenvalue weighted by molar-refractivity contribution is -0.114. The van der Waals surface area contributed by atoms with Gasteiger partial charge in [0.05, 0.1) is 24.5 Å². The molecule has 2 atom stereocenters. The summed E-state index contributed by atoms with van der Waals surface area (Å²) in [4.78, 5) is 21.5. The number of nitrogens with zero attached hydrogens (tertiary/aromatic N) is 2. The molecule has 1 aliphatic heterocycles. The van der Waals surface area contributed by atoms with Crippen molar-refractivity contribution in [3.63, 3.8) is 0 Å². The van der Waals surface area contributed by atoms with Crippen molar-refractivity contribution in [1.29, 1.82) is 0 Å². The summed E-state index contributed by atoms with van der Waals surface area (Å²) in [6, 6.07) is 15.2. The number of carbonyl (C=O) groups excluding carboxylic acids is 1. The van der Waals surface area contributed by atoms with E-state index >= 15 is 0 Å². The van der Waals surface area contributed by atoms with E-state index in [2.05, 4.69) is 20.6 Å². The van der Waals surface area contributed by atoms with Crippen LogP contribution in [0.15, 0.2) is 60.9 Å². The molecule has 1 fully saturated rings. The second-order valence-corrected chi connectivity index (χ2v) is 7.07. The number of rotatable bonds is 5. The highest BCUT2D eigenvalue weighted by molar-refractivity contribution is 7.80. The highest BCUT2D eigenvalue weighted by atomic mass is 32.1. The summed E-state index contributed by atoms with van der Waals surface area (Å²) < 4.78 is 5.38. The minimum atomic E-state index is -0.171. The van der Waals surface area contributed by atoms with Gasteiger partial charge in [-0.3, -0.25) is 9.78 Å². The van der Waals surface area contributed by atoms with Crippen LogP contribution in [0.5, 0.6) is 5.75 Å². The van der Waals surface area contributed by atoms with Crippen LogP contribution in [0.1, 0.15) is 30.4 Å². The Morgan fingerprint density at radius 2 is 2.10 bits per heavy atom. The molecule has 3 heterocycles. The quantitative estimate of drug-likeness (QED) is 0.561. The van der Waals surface area contributed by atoms with E-state index < -0.39 is 0 Å². The van der Waals surface area contributed by atoms with E-state index in [4.69, 9.17) is 17.0 Å². The SMILES string of the molecule is COc1ccc(N2C(=S)N[C@H](c3ccccn3)[C@@H]2c2ccc[nH]2)cc1NC(C)=O. The monoisotopic (exact) mass is 407 g/mol. The number of ether oxygens (including phenoxy) is 1. The summed E-state index contributed by atoms with van der Waals surface area (Å²) in [6.07, 6.45) is 3.66. The van der Waals surface area contributed by atoms with Gasteiger partial charge in [-0.05, 0) is 54.7 Å². The van der Waals surface area contributed by atoms with Crippen LogP contribution in [0.3, 0.4) is 0 Å². The molecule has 0 unspecified atom stereocenters. The fraction of sp³-hybridized carbons (Fsp3) is 0.190.